The van der Waals surface area contributed by atoms with Gasteiger partial charge < -0.3 is 4.74 Å². The Morgan fingerprint density at radius 2 is 1.88 bits per heavy atom. The molecule has 2 unspecified atom stereocenters. The van der Waals surface area contributed by atoms with Crippen molar-refractivity contribution in [2.24, 2.45) is 0 Å². The summed E-state index contributed by atoms with van der Waals surface area (Å²) >= 11 is 0.996. The van der Waals surface area contributed by atoms with E-state index in [1.54, 1.807) is 24.3 Å². The fourth-order valence-corrected chi connectivity index (χ4v) is 6.58. The van der Waals surface area contributed by atoms with Crippen molar-refractivity contribution in [1.29, 1.82) is 0 Å². The smallest absolute Gasteiger partial charge is 0.397 e. The second-order valence-electron chi connectivity index (χ2n) is 5.38. The van der Waals surface area contributed by atoms with E-state index in [-0.39, 0.29) is 11.9 Å². The molecular weight excluding hydrogens is 363 g/mol. The van der Waals surface area contributed by atoms with E-state index in [1.807, 2.05) is 19.9 Å². The fourth-order valence-electron chi connectivity index (χ4n) is 1.76. The Hall–Kier alpha value is -1.79. The van der Waals surface area contributed by atoms with Crippen LogP contribution in [-0.4, -0.2) is 47.0 Å². The summed E-state index contributed by atoms with van der Waals surface area (Å²) in [5.41, 5.74) is 0.730. The largest absolute Gasteiger partial charge is 0.454 e. The lowest BCUT2D eigenvalue weighted by Crippen LogP contribution is -2.36. The summed E-state index contributed by atoms with van der Waals surface area (Å²) in [6, 6.07) is 8.90. The molecule has 0 aliphatic carbocycles. The van der Waals surface area contributed by atoms with Gasteiger partial charge in [-0.2, -0.15) is 0 Å². The third kappa shape index (κ3) is 5.61. The molecule has 0 bridgehead atoms. The highest BCUT2D eigenvalue weighted by Crippen LogP contribution is 2.64. The van der Waals surface area contributed by atoms with E-state index < -0.39 is 18.5 Å². The standard InChI is InChI=1S/C16H23N2O5PS/c1-5-13(2)25-24(22,17(3)12-19)18(4)15(20)16(21)23-11-14-9-7-6-8-10-14/h6-10,12-13H,5,11H2,1-4H3. The van der Waals surface area contributed by atoms with Crippen molar-refractivity contribution in [1.82, 2.24) is 9.34 Å². The highest BCUT2D eigenvalue weighted by Gasteiger charge is 2.40. The van der Waals surface area contributed by atoms with E-state index in [2.05, 4.69) is 0 Å². The Kier molecular flexibility index (Phi) is 8.19. The maximum atomic E-state index is 13.2. The second kappa shape index (κ2) is 9.63. The first kappa shape index (κ1) is 21.3. The molecule has 0 fully saturated rings. The lowest BCUT2D eigenvalue weighted by molar-refractivity contribution is -0.158. The maximum Gasteiger partial charge on any atom is 0.397 e. The third-order valence-corrected chi connectivity index (χ3v) is 9.71. The first-order chi connectivity index (χ1) is 11.8. The molecule has 0 radical (unpaired) electrons. The number of rotatable bonds is 8. The molecule has 0 heterocycles. The molecule has 25 heavy (non-hydrogen) atoms. The van der Waals surface area contributed by atoms with Crippen molar-refractivity contribution in [2.75, 3.05) is 14.1 Å². The number of hydrogen-bond acceptors (Lipinski definition) is 6. The van der Waals surface area contributed by atoms with Gasteiger partial charge in [-0.1, -0.05) is 55.6 Å². The second-order valence-corrected chi connectivity index (χ2v) is 10.7. The minimum absolute atomic E-state index is 0.0639. The van der Waals surface area contributed by atoms with Gasteiger partial charge in [-0.3, -0.25) is 23.5 Å². The molecule has 0 aliphatic rings. The van der Waals surface area contributed by atoms with Crippen LogP contribution < -0.4 is 0 Å². The van der Waals surface area contributed by atoms with Crippen LogP contribution in [0.1, 0.15) is 25.8 Å². The summed E-state index contributed by atoms with van der Waals surface area (Å²) in [5.74, 6) is -2.17. The predicted molar refractivity (Wildman–Crippen MR) is 97.8 cm³/mol. The van der Waals surface area contributed by atoms with Gasteiger partial charge in [0.15, 0.2) is 0 Å². The lowest BCUT2D eigenvalue weighted by Gasteiger charge is -2.32. The molecule has 138 valence electrons. The van der Waals surface area contributed by atoms with Crippen LogP contribution in [0.15, 0.2) is 30.3 Å². The number of nitrogens with zero attached hydrogens (tertiary/aromatic N) is 2. The van der Waals surface area contributed by atoms with E-state index in [4.69, 9.17) is 4.74 Å². The zero-order valence-electron chi connectivity index (χ0n) is 14.7. The van der Waals surface area contributed by atoms with Gasteiger partial charge in [0.05, 0.1) is 0 Å². The average Bonchev–Trinajstić information content (AvgIpc) is 2.64. The van der Waals surface area contributed by atoms with Gasteiger partial charge in [0.25, 0.3) is 0 Å². The van der Waals surface area contributed by atoms with Gasteiger partial charge in [0, 0.05) is 19.3 Å². The average molecular weight is 386 g/mol. The number of ether oxygens (including phenoxy) is 1. The van der Waals surface area contributed by atoms with Crippen molar-refractivity contribution in [3.05, 3.63) is 35.9 Å². The minimum Gasteiger partial charge on any atom is -0.454 e. The third-order valence-electron chi connectivity index (χ3n) is 3.50. The number of amides is 2. The van der Waals surface area contributed by atoms with E-state index in [0.29, 0.717) is 12.8 Å². The molecule has 1 rings (SSSR count). The van der Waals surface area contributed by atoms with Gasteiger partial charge in [-0.25, -0.2) is 4.79 Å². The van der Waals surface area contributed by atoms with Crippen molar-refractivity contribution in [3.8, 4) is 0 Å². The number of benzene rings is 1. The molecule has 2 atom stereocenters. The Balaban J connectivity index is 2.86. The molecule has 9 heteroatoms. The van der Waals surface area contributed by atoms with Gasteiger partial charge in [0.2, 0.25) is 6.41 Å². The van der Waals surface area contributed by atoms with Crippen LogP contribution in [0.5, 0.6) is 0 Å². The summed E-state index contributed by atoms with van der Waals surface area (Å²) in [6.45, 7) is 0.0582. The van der Waals surface area contributed by atoms with Crippen molar-refractivity contribution in [2.45, 2.75) is 32.1 Å². The zero-order valence-corrected chi connectivity index (χ0v) is 16.5. The SMILES string of the molecule is CCC(C)SP(=O)(N(C)C=O)N(C)C(=O)C(=O)OCc1ccccc1. The summed E-state index contributed by atoms with van der Waals surface area (Å²) < 4.78 is 19.9. The summed E-state index contributed by atoms with van der Waals surface area (Å²) in [4.78, 5) is 35.5. The van der Waals surface area contributed by atoms with Crippen molar-refractivity contribution in [3.63, 3.8) is 0 Å². The number of carbonyl (C=O) groups is 3. The van der Waals surface area contributed by atoms with Crippen LogP contribution in [0.25, 0.3) is 0 Å². The highest BCUT2D eigenvalue weighted by molar-refractivity contribution is 8.57. The van der Waals surface area contributed by atoms with Crippen molar-refractivity contribution < 1.29 is 23.7 Å². The first-order valence-electron chi connectivity index (χ1n) is 7.72. The van der Waals surface area contributed by atoms with Crippen LogP contribution in [0.4, 0.5) is 0 Å². The van der Waals surface area contributed by atoms with Gasteiger partial charge in [0.1, 0.15) is 6.61 Å². The van der Waals surface area contributed by atoms with E-state index in [1.165, 1.54) is 14.1 Å². The van der Waals surface area contributed by atoms with E-state index in [0.717, 1.165) is 26.3 Å². The molecule has 0 spiro atoms. The van der Waals surface area contributed by atoms with E-state index >= 15 is 0 Å². The summed E-state index contributed by atoms with van der Waals surface area (Å²) in [7, 11) is 2.56. The number of hydrogen-bond donors (Lipinski definition) is 0. The Bertz CT molecular complexity index is 655. The van der Waals surface area contributed by atoms with Crippen LogP contribution in [0, 0.1) is 0 Å². The quantitative estimate of drug-likeness (QED) is 0.296. The molecule has 0 N–H and O–H groups in total. The summed E-state index contributed by atoms with van der Waals surface area (Å²) in [5, 5.41) is -0.0659. The monoisotopic (exact) mass is 386 g/mol. The molecule has 0 aliphatic heterocycles. The van der Waals surface area contributed by atoms with Crippen LogP contribution in [-0.2, 0) is 30.3 Å². The fraction of sp³-hybridized carbons (Fsp3) is 0.438. The maximum absolute atomic E-state index is 13.2. The number of likely N-dealkylation sites (N-methyl/N-ethyl adjacent to an activating group) is 1. The van der Waals surface area contributed by atoms with Crippen LogP contribution in [0.2, 0.25) is 0 Å². The van der Waals surface area contributed by atoms with Crippen LogP contribution in [0.3, 0.4) is 0 Å². The van der Waals surface area contributed by atoms with E-state index in [9.17, 15) is 18.9 Å². The Morgan fingerprint density at radius 1 is 1.28 bits per heavy atom. The van der Waals surface area contributed by atoms with Crippen LogP contribution >= 0.6 is 18.0 Å². The summed E-state index contributed by atoms with van der Waals surface area (Å²) in [6.07, 6.45) is 1.08. The molecular formula is C16H23N2O5PS. The number of esters is 1. The van der Waals surface area contributed by atoms with Crippen molar-refractivity contribution >= 4 is 36.3 Å². The van der Waals surface area contributed by atoms with Gasteiger partial charge in [-0.15, -0.1) is 0 Å². The van der Waals surface area contributed by atoms with Gasteiger partial charge >= 0.3 is 18.5 Å². The molecule has 0 aromatic heterocycles. The molecule has 0 saturated carbocycles. The first-order valence-corrected chi connectivity index (χ1v) is 10.8. The Morgan fingerprint density at radius 3 is 2.40 bits per heavy atom. The topological polar surface area (TPSA) is 84.0 Å². The molecule has 0 saturated heterocycles. The minimum atomic E-state index is -3.61. The zero-order chi connectivity index (χ0) is 19.0. The molecule has 1 aromatic carbocycles. The van der Waals surface area contributed by atoms with Gasteiger partial charge in [-0.05, 0) is 12.0 Å². The predicted octanol–water partition coefficient (Wildman–Crippen LogP) is 2.92. The molecule has 1 aromatic rings. The number of carbonyl (C=O) groups excluding carboxylic acids is 3. The highest BCUT2D eigenvalue weighted by atomic mass is 32.7. The molecule has 7 nitrogen and oxygen atoms in total. The normalized spacial score (nSPS) is 14.1. The Labute approximate surface area is 151 Å². The lowest BCUT2D eigenvalue weighted by atomic mass is 10.2. The molecule has 2 amide bonds.